The van der Waals surface area contributed by atoms with Crippen molar-refractivity contribution >= 4 is 0 Å². The predicted octanol–water partition coefficient (Wildman–Crippen LogP) is 4.06. The van der Waals surface area contributed by atoms with Gasteiger partial charge in [0.15, 0.2) is 0 Å². The predicted molar refractivity (Wildman–Crippen MR) is 54.9 cm³/mol. The van der Waals surface area contributed by atoms with Crippen molar-refractivity contribution < 1.29 is 0 Å². The lowest BCUT2D eigenvalue weighted by Gasteiger charge is -2.37. The highest BCUT2D eigenvalue weighted by Gasteiger charge is 2.29. The fourth-order valence-electron chi connectivity index (χ4n) is 2.32. The molecule has 0 bridgehead atoms. The first kappa shape index (κ1) is 10.1. The summed E-state index contributed by atoms with van der Waals surface area (Å²) >= 11 is 0. The Hall–Kier alpha value is 0. The van der Waals surface area contributed by atoms with Crippen molar-refractivity contribution in [2.45, 2.75) is 53.4 Å². The van der Waals surface area contributed by atoms with Crippen LogP contribution in [-0.4, -0.2) is 0 Å². The molecule has 1 aliphatic rings. The summed E-state index contributed by atoms with van der Waals surface area (Å²) in [5.74, 6) is 1.86. The van der Waals surface area contributed by atoms with Crippen LogP contribution in [0.5, 0.6) is 0 Å². The van der Waals surface area contributed by atoms with Crippen molar-refractivity contribution in [2.24, 2.45) is 17.3 Å². The van der Waals surface area contributed by atoms with Crippen LogP contribution in [0.4, 0.5) is 0 Å². The van der Waals surface area contributed by atoms with E-state index in [0.29, 0.717) is 5.41 Å². The van der Waals surface area contributed by atoms with Gasteiger partial charge >= 0.3 is 0 Å². The third-order valence-electron chi connectivity index (χ3n) is 3.41. The molecule has 1 fully saturated rings. The lowest BCUT2D eigenvalue weighted by Crippen LogP contribution is -2.26. The molecule has 1 rings (SSSR count). The van der Waals surface area contributed by atoms with E-state index >= 15 is 0 Å². The van der Waals surface area contributed by atoms with Crippen LogP contribution >= 0.6 is 0 Å². The summed E-state index contributed by atoms with van der Waals surface area (Å²) in [6.07, 6.45) is 8.16. The third kappa shape index (κ3) is 2.50. The van der Waals surface area contributed by atoms with Crippen molar-refractivity contribution in [1.82, 2.24) is 0 Å². The van der Waals surface area contributed by atoms with Gasteiger partial charge in [-0.3, -0.25) is 0 Å². The zero-order chi connectivity index (χ0) is 9.19. The second-order valence-electron chi connectivity index (χ2n) is 5.32. The second kappa shape index (κ2) is 3.81. The Kier molecular flexibility index (Phi) is 3.20. The van der Waals surface area contributed by atoms with E-state index in [1.165, 1.54) is 25.7 Å². The standard InChI is InChI=1S/C12H23/c1-5-10-7-6-8-11(9-10)12(2,3)4/h5,10-11H,6-9H2,1-4H3. The molecular formula is C12H23. The molecule has 0 aromatic carbocycles. The molecule has 1 saturated carbocycles. The molecule has 0 amide bonds. The Bertz CT molecular complexity index is 129. The van der Waals surface area contributed by atoms with Crippen LogP contribution in [0.2, 0.25) is 0 Å². The summed E-state index contributed by atoms with van der Waals surface area (Å²) < 4.78 is 0. The Morgan fingerprint density at radius 2 is 1.83 bits per heavy atom. The van der Waals surface area contributed by atoms with Crippen LogP contribution in [0, 0.1) is 23.7 Å². The molecule has 0 aliphatic heterocycles. The number of hydrogen-bond acceptors (Lipinski definition) is 0. The van der Waals surface area contributed by atoms with E-state index in [0.717, 1.165) is 11.8 Å². The molecular weight excluding hydrogens is 144 g/mol. The lowest BCUT2D eigenvalue weighted by atomic mass is 9.69. The molecule has 0 N–H and O–H groups in total. The highest BCUT2D eigenvalue weighted by Crippen LogP contribution is 2.40. The Morgan fingerprint density at radius 1 is 1.17 bits per heavy atom. The van der Waals surface area contributed by atoms with Gasteiger partial charge in [0.25, 0.3) is 0 Å². The molecule has 0 spiro atoms. The van der Waals surface area contributed by atoms with Gasteiger partial charge in [0, 0.05) is 0 Å². The molecule has 2 atom stereocenters. The smallest absolute Gasteiger partial charge is 0.0354 e. The van der Waals surface area contributed by atoms with E-state index in [-0.39, 0.29) is 0 Å². The van der Waals surface area contributed by atoms with Gasteiger partial charge < -0.3 is 0 Å². The lowest BCUT2D eigenvalue weighted by molar-refractivity contribution is 0.152. The second-order valence-corrected chi connectivity index (χ2v) is 5.32. The molecule has 0 heterocycles. The van der Waals surface area contributed by atoms with E-state index in [2.05, 4.69) is 34.1 Å². The van der Waals surface area contributed by atoms with Crippen molar-refractivity contribution in [3.63, 3.8) is 0 Å². The number of hydrogen-bond donors (Lipinski definition) is 0. The van der Waals surface area contributed by atoms with E-state index in [9.17, 15) is 0 Å². The van der Waals surface area contributed by atoms with Crippen LogP contribution in [-0.2, 0) is 0 Å². The molecule has 2 unspecified atom stereocenters. The molecule has 0 aromatic rings. The third-order valence-corrected chi connectivity index (χ3v) is 3.41. The highest BCUT2D eigenvalue weighted by molar-refractivity contribution is 4.85. The SMILES string of the molecule is C[CH]C1CCCC(C(C)(C)C)C1. The fraction of sp³-hybridized carbons (Fsp3) is 0.917. The molecule has 0 aromatic heterocycles. The summed E-state index contributed by atoms with van der Waals surface area (Å²) in [5, 5.41) is 0. The first-order chi connectivity index (χ1) is 5.54. The summed E-state index contributed by atoms with van der Waals surface area (Å²) in [7, 11) is 0. The van der Waals surface area contributed by atoms with Crippen molar-refractivity contribution in [2.75, 3.05) is 0 Å². The van der Waals surface area contributed by atoms with Crippen LogP contribution < -0.4 is 0 Å². The molecule has 71 valence electrons. The Balaban J connectivity index is 2.46. The summed E-state index contributed by atoms with van der Waals surface area (Å²) in [4.78, 5) is 0. The molecule has 1 radical (unpaired) electrons. The zero-order valence-corrected chi connectivity index (χ0v) is 9.06. The first-order valence-corrected chi connectivity index (χ1v) is 5.33. The van der Waals surface area contributed by atoms with Crippen LogP contribution in [0.3, 0.4) is 0 Å². The van der Waals surface area contributed by atoms with Gasteiger partial charge in [-0.15, -0.1) is 0 Å². The highest BCUT2D eigenvalue weighted by atomic mass is 14.3. The summed E-state index contributed by atoms with van der Waals surface area (Å²) in [6, 6.07) is 0. The average molecular weight is 167 g/mol. The largest absolute Gasteiger partial charge is 0.0620 e. The Morgan fingerprint density at radius 3 is 2.33 bits per heavy atom. The minimum absolute atomic E-state index is 0.529. The van der Waals surface area contributed by atoms with Gasteiger partial charge in [-0.05, 0) is 36.5 Å². The maximum Gasteiger partial charge on any atom is -0.0354 e. The molecule has 0 heteroatoms. The quantitative estimate of drug-likeness (QED) is 0.552. The van der Waals surface area contributed by atoms with Crippen LogP contribution in [0.1, 0.15) is 53.4 Å². The molecule has 0 saturated heterocycles. The zero-order valence-electron chi connectivity index (χ0n) is 9.06. The van der Waals surface area contributed by atoms with Gasteiger partial charge in [0.1, 0.15) is 0 Å². The first-order valence-electron chi connectivity index (χ1n) is 5.33. The molecule has 12 heavy (non-hydrogen) atoms. The van der Waals surface area contributed by atoms with Gasteiger partial charge in [-0.25, -0.2) is 0 Å². The van der Waals surface area contributed by atoms with Gasteiger partial charge in [0.2, 0.25) is 0 Å². The van der Waals surface area contributed by atoms with E-state index in [1.54, 1.807) is 0 Å². The Labute approximate surface area is 77.7 Å². The molecule has 0 nitrogen and oxygen atoms in total. The van der Waals surface area contributed by atoms with Gasteiger partial charge in [-0.1, -0.05) is 40.5 Å². The summed E-state index contributed by atoms with van der Waals surface area (Å²) in [5.41, 5.74) is 0.529. The average Bonchev–Trinajstić information content (AvgIpc) is 2.03. The maximum absolute atomic E-state index is 2.40. The van der Waals surface area contributed by atoms with E-state index in [1.807, 2.05) is 0 Å². The number of rotatable bonds is 1. The van der Waals surface area contributed by atoms with E-state index < -0.39 is 0 Å². The van der Waals surface area contributed by atoms with E-state index in [4.69, 9.17) is 0 Å². The molecule has 1 aliphatic carbocycles. The fourth-order valence-corrected chi connectivity index (χ4v) is 2.32. The normalized spacial score (nSPS) is 32.0. The van der Waals surface area contributed by atoms with Crippen molar-refractivity contribution in [3.8, 4) is 0 Å². The minimum atomic E-state index is 0.529. The minimum Gasteiger partial charge on any atom is -0.0620 e. The van der Waals surface area contributed by atoms with Gasteiger partial charge in [-0.2, -0.15) is 0 Å². The van der Waals surface area contributed by atoms with Gasteiger partial charge in [0.05, 0.1) is 0 Å². The maximum atomic E-state index is 2.40. The van der Waals surface area contributed by atoms with Crippen LogP contribution in [0.25, 0.3) is 0 Å². The van der Waals surface area contributed by atoms with Crippen LogP contribution in [0.15, 0.2) is 0 Å². The van der Waals surface area contributed by atoms with Crippen molar-refractivity contribution in [3.05, 3.63) is 6.42 Å². The van der Waals surface area contributed by atoms with Crippen molar-refractivity contribution in [1.29, 1.82) is 0 Å². The topological polar surface area (TPSA) is 0 Å². The monoisotopic (exact) mass is 167 g/mol. The summed E-state index contributed by atoms with van der Waals surface area (Å²) in [6.45, 7) is 9.37.